The lowest BCUT2D eigenvalue weighted by Gasteiger charge is -2.15. The molecule has 0 bridgehead atoms. The van der Waals surface area contributed by atoms with Gasteiger partial charge in [-0.25, -0.2) is 0 Å². The van der Waals surface area contributed by atoms with Crippen LogP contribution in [0.15, 0.2) is 82.4 Å². The maximum absolute atomic E-state index is 13.4. The standard InChI is InChI=1S/C26H20ClN3O3.C3H7NO/c1-16-24(19-9-5-6-10-20(19)28-16)23(31)15-30-22-13-18(27)11-12-21(22)29(25(32)26(30)33)14-17-7-3-2-4-8-17;1-4(2)3-5/h2-13,28H,14-15H2,1H3;3H,1-2H3. The molecule has 5 aromatic rings. The monoisotopic (exact) mass is 530 g/mol. The van der Waals surface area contributed by atoms with E-state index in [4.69, 9.17) is 11.6 Å². The maximum Gasteiger partial charge on any atom is 0.317 e. The highest BCUT2D eigenvalue weighted by atomic mass is 35.5. The van der Waals surface area contributed by atoms with Crippen LogP contribution in [-0.4, -0.2) is 45.3 Å². The number of hydrogen-bond donors (Lipinski definition) is 1. The second kappa shape index (κ2) is 11.3. The third-order valence-corrected chi connectivity index (χ3v) is 6.30. The van der Waals surface area contributed by atoms with Gasteiger partial charge in [0.05, 0.1) is 24.1 Å². The van der Waals surface area contributed by atoms with E-state index in [1.165, 1.54) is 14.0 Å². The molecule has 0 spiro atoms. The first kappa shape index (κ1) is 26.6. The molecule has 0 unspecified atom stereocenters. The van der Waals surface area contributed by atoms with E-state index in [0.717, 1.165) is 22.9 Å². The zero-order valence-corrected chi connectivity index (χ0v) is 22.0. The van der Waals surface area contributed by atoms with E-state index in [0.29, 0.717) is 27.3 Å². The average molecular weight is 531 g/mol. The van der Waals surface area contributed by atoms with Crippen molar-refractivity contribution in [2.24, 2.45) is 0 Å². The summed E-state index contributed by atoms with van der Waals surface area (Å²) in [6.07, 6.45) is 0.750. The van der Waals surface area contributed by atoms with Gasteiger partial charge >= 0.3 is 11.1 Å². The normalized spacial score (nSPS) is 10.7. The molecule has 0 saturated heterocycles. The quantitative estimate of drug-likeness (QED) is 0.202. The highest BCUT2D eigenvalue weighted by Gasteiger charge is 2.20. The number of aromatic nitrogens is 3. The fraction of sp³-hybridized carbons (Fsp3) is 0.172. The van der Waals surface area contributed by atoms with Crippen molar-refractivity contribution in [2.45, 2.75) is 20.0 Å². The molecular weight excluding hydrogens is 504 g/mol. The molecular formula is C29H27ClN4O4. The number of carbonyl (C=O) groups is 2. The number of aryl methyl sites for hydroxylation is 1. The first-order valence-corrected chi connectivity index (χ1v) is 12.3. The topological polar surface area (TPSA) is 97.2 Å². The van der Waals surface area contributed by atoms with Crippen molar-refractivity contribution in [1.29, 1.82) is 0 Å². The highest BCUT2D eigenvalue weighted by Crippen LogP contribution is 2.24. The summed E-state index contributed by atoms with van der Waals surface area (Å²) < 4.78 is 2.66. The van der Waals surface area contributed by atoms with Gasteiger partial charge in [-0.1, -0.05) is 60.1 Å². The number of hydrogen-bond acceptors (Lipinski definition) is 4. The molecule has 9 heteroatoms. The van der Waals surface area contributed by atoms with E-state index in [9.17, 15) is 19.2 Å². The van der Waals surface area contributed by atoms with Gasteiger partial charge in [-0.05, 0) is 36.8 Å². The molecule has 0 radical (unpaired) electrons. The Morgan fingerprint density at radius 1 is 0.921 bits per heavy atom. The van der Waals surface area contributed by atoms with Crippen LogP contribution >= 0.6 is 11.6 Å². The molecule has 0 saturated carbocycles. The van der Waals surface area contributed by atoms with E-state index >= 15 is 0 Å². The molecule has 8 nitrogen and oxygen atoms in total. The predicted octanol–water partition coefficient (Wildman–Crippen LogP) is 4.24. The van der Waals surface area contributed by atoms with Gasteiger partial charge in [-0.3, -0.25) is 28.3 Å². The van der Waals surface area contributed by atoms with Crippen LogP contribution in [0.1, 0.15) is 21.6 Å². The van der Waals surface area contributed by atoms with Crippen LogP contribution in [0.25, 0.3) is 21.9 Å². The summed E-state index contributed by atoms with van der Waals surface area (Å²) in [5, 5.41) is 1.20. The van der Waals surface area contributed by atoms with Gasteiger partial charge in [0, 0.05) is 41.3 Å². The number of H-pyrrole nitrogens is 1. The van der Waals surface area contributed by atoms with Crippen molar-refractivity contribution in [3.8, 4) is 0 Å². The molecule has 1 N–H and O–H groups in total. The Bertz CT molecular complexity index is 1750. The smallest absolute Gasteiger partial charge is 0.317 e. The van der Waals surface area contributed by atoms with Gasteiger partial charge in [-0.15, -0.1) is 0 Å². The lowest BCUT2D eigenvalue weighted by molar-refractivity contribution is -0.115. The number of fused-ring (bicyclic) bond motifs is 2. The van der Waals surface area contributed by atoms with Crippen molar-refractivity contribution < 1.29 is 9.59 Å². The van der Waals surface area contributed by atoms with E-state index in [-0.39, 0.29) is 18.9 Å². The number of nitrogens with zero attached hydrogens (tertiary/aromatic N) is 3. The summed E-state index contributed by atoms with van der Waals surface area (Å²) in [5.41, 5.74) is 2.50. The summed E-state index contributed by atoms with van der Waals surface area (Å²) in [6.45, 7) is 1.80. The van der Waals surface area contributed by atoms with Crippen LogP contribution < -0.4 is 11.1 Å². The Hall–Kier alpha value is -4.43. The molecule has 1 amide bonds. The van der Waals surface area contributed by atoms with Crippen LogP contribution in [0.4, 0.5) is 0 Å². The molecule has 0 atom stereocenters. The second-order valence-corrected chi connectivity index (χ2v) is 9.50. The number of ketones is 1. The molecule has 0 fully saturated rings. The molecule has 2 aromatic heterocycles. The van der Waals surface area contributed by atoms with Crippen molar-refractivity contribution in [2.75, 3.05) is 14.1 Å². The fourth-order valence-corrected chi connectivity index (χ4v) is 4.50. The van der Waals surface area contributed by atoms with Gasteiger partial charge < -0.3 is 9.88 Å². The lowest BCUT2D eigenvalue weighted by Crippen LogP contribution is -2.42. The average Bonchev–Trinajstić information content (AvgIpc) is 3.25. The number of aromatic amines is 1. The fourth-order valence-electron chi connectivity index (χ4n) is 4.33. The lowest BCUT2D eigenvalue weighted by atomic mass is 10.1. The molecule has 2 heterocycles. The van der Waals surface area contributed by atoms with E-state index < -0.39 is 11.1 Å². The Balaban J connectivity index is 0.000000617. The molecule has 38 heavy (non-hydrogen) atoms. The summed E-state index contributed by atoms with van der Waals surface area (Å²) in [5.74, 6) is -0.256. The number of amides is 1. The molecule has 0 aliphatic heterocycles. The number of carbonyl (C=O) groups excluding carboxylic acids is 2. The van der Waals surface area contributed by atoms with Crippen molar-refractivity contribution in [1.82, 2.24) is 19.0 Å². The zero-order valence-electron chi connectivity index (χ0n) is 21.3. The van der Waals surface area contributed by atoms with Crippen molar-refractivity contribution in [3.05, 3.63) is 115 Å². The Kier molecular flexibility index (Phi) is 7.93. The number of rotatable bonds is 6. The van der Waals surface area contributed by atoms with E-state index in [1.54, 1.807) is 32.3 Å². The predicted molar refractivity (Wildman–Crippen MR) is 150 cm³/mol. The first-order chi connectivity index (χ1) is 18.2. The number of para-hydroxylation sites is 1. The van der Waals surface area contributed by atoms with Gasteiger partial charge in [0.2, 0.25) is 6.41 Å². The Labute approximate surface area is 223 Å². The van der Waals surface area contributed by atoms with E-state index in [2.05, 4.69) is 4.98 Å². The minimum absolute atomic E-state index is 0.239. The molecule has 0 aliphatic carbocycles. The van der Waals surface area contributed by atoms with Gasteiger partial charge in [0.25, 0.3) is 0 Å². The maximum atomic E-state index is 13.4. The third-order valence-electron chi connectivity index (χ3n) is 6.06. The van der Waals surface area contributed by atoms with Gasteiger partial charge in [-0.2, -0.15) is 0 Å². The molecule has 3 aromatic carbocycles. The van der Waals surface area contributed by atoms with Crippen molar-refractivity contribution >= 4 is 45.7 Å². The minimum atomic E-state index is -0.758. The minimum Gasteiger partial charge on any atom is -0.358 e. The second-order valence-electron chi connectivity index (χ2n) is 9.06. The van der Waals surface area contributed by atoms with Crippen LogP contribution in [0.3, 0.4) is 0 Å². The number of nitrogens with one attached hydrogen (secondary N) is 1. The number of benzene rings is 3. The van der Waals surface area contributed by atoms with Crippen LogP contribution in [0.5, 0.6) is 0 Å². The zero-order chi connectivity index (χ0) is 27.4. The van der Waals surface area contributed by atoms with Gasteiger partial charge in [0.1, 0.15) is 0 Å². The largest absolute Gasteiger partial charge is 0.358 e. The Morgan fingerprint density at radius 2 is 1.55 bits per heavy atom. The van der Waals surface area contributed by atoms with Crippen LogP contribution in [-0.2, 0) is 17.9 Å². The first-order valence-electron chi connectivity index (χ1n) is 11.9. The summed E-state index contributed by atoms with van der Waals surface area (Å²) >= 11 is 6.24. The number of Topliss-reactive ketones (excluding diaryl/α,β-unsaturated/α-hetero) is 1. The SMILES string of the molecule is CN(C)C=O.Cc1[nH]c2ccccc2c1C(=O)Cn1c(=O)c(=O)n(Cc2ccccc2)c2ccc(Cl)cc21. The third kappa shape index (κ3) is 5.45. The summed E-state index contributed by atoms with van der Waals surface area (Å²) in [7, 11) is 3.38. The highest BCUT2D eigenvalue weighted by molar-refractivity contribution is 6.31. The molecule has 194 valence electrons. The summed E-state index contributed by atoms with van der Waals surface area (Å²) in [4.78, 5) is 53.7. The molecule has 5 rings (SSSR count). The van der Waals surface area contributed by atoms with E-state index in [1.807, 2.05) is 61.5 Å². The molecule has 0 aliphatic rings. The summed E-state index contributed by atoms with van der Waals surface area (Å²) in [6, 6.07) is 21.9. The van der Waals surface area contributed by atoms with Crippen molar-refractivity contribution in [3.63, 3.8) is 0 Å². The van der Waals surface area contributed by atoms with Gasteiger partial charge in [0.15, 0.2) is 5.78 Å². The Morgan fingerprint density at radius 3 is 2.24 bits per heavy atom. The number of halogens is 1. The van der Waals surface area contributed by atoms with Crippen LogP contribution in [0, 0.1) is 6.92 Å². The van der Waals surface area contributed by atoms with Crippen LogP contribution in [0.2, 0.25) is 5.02 Å².